The third-order valence-electron chi connectivity index (χ3n) is 2.89. The number of carbonyl (C=O) groups excluding carboxylic acids is 1. The van der Waals surface area contributed by atoms with E-state index in [9.17, 15) is 14.9 Å². The van der Waals surface area contributed by atoms with Crippen molar-refractivity contribution in [2.24, 2.45) is 11.7 Å². The van der Waals surface area contributed by atoms with Gasteiger partial charge in [-0.15, -0.1) is 0 Å². The first kappa shape index (κ1) is 16.7. The number of anilines is 2. The molecule has 0 aliphatic heterocycles. The average molecular weight is 295 g/mol. The molecule has 0 bridgehead atoms. The van der Waals surface area contributed by atoms with E-state index in [1.807, 2.05) is 6.92 Å². The Morgan fingerprint density at radius 2 is 2.14 bits per heavy atom. The topological polar surface area (TPSA) is 123 Å². The Kier molecular flexibility index (Phi) is 5.89. The number of carbonyl (C=O) groups is 1. The molecule has 1 atom stereocenters. The number of aromatic nitrogens is 1. The highest BCUT2D eigenvalue weighted by molar-refractivity contribution is 5.83. The Bertz CT molecular complexity index is 519. The van der Waals surface area contributed by atoms with Crippen molar-refractivity contribution >= 4 is 23.2 Å². The summed E-state index contributed by atoms with van der Waals surface area (Å²) in [5, 5.41) is 16.9. The van der Waals surface area contributed by atoms with Gasteiger partial charge in [0.15, 0.2) is 0 Å². The summed E-state index contributed by atoms with van der Waals surface area (Å²) in [5.74, 6) is -0.139. The number of amides is 1. The molecule has 1 unspecified atom stereocenters. The molecule has 1 aromatic rings. The summed E-state index contributed by atoms with van der Waals surface area (Å²) in [6.45, 7) is 6.30. The monoisotopic (exact) mass is 295 g/mol. The van der Waals surface area contributed by atoms with E-state index in [0.29, 0.717) is 12.4 Å². The lowest BCUT2D eigenvalue weighted by molar-refractivity contribution is -0.384. The van der Waals surface area contributed by atoms with E-state index >= 15 is 0 Å². The van der Waals surface area contributed by atoms with Crippen LogP contribution in [-0.4, -0.2) is 28.4 Å². The minimum atomic E-state index is -0.724. The molecule has 1 heterocycles. The van der Waals surface area contributed by atoms with Crippen LogP contribution in [0.4, 0.5) is 17.3 Å². The minimum absolute atomic E-state index is 0.0404. The van der Waals surface area contributed by atoms with E-state index in [0.717, 1.165) is 6.42 Å². The summed E-state index contributed by atoms with van der Waals surface area (Å²) in [5.41, 5.74) is 5.12. The second kappa shape index (κ2) is 7.41. The van der Waals surface area contributed by atoms with Crippen molar-refractivity contribution in [1.82, 2.24) is 4.98 Å². The lowest BCUT2D eigenvalue weighted by Gasteiger charge is -2.19. The van der Waals surface area contributed by atoms with Gasteiger partial charge in [-0.05, 0) is 18.4 Å². The third kappa shape index (κ3) is 4.59. The average Bonchev–Trinajstić information content (AvgIpc) is 2.41. The van der Waals surface area contributed by atoms with E-state index < -0.39 is 16.9 Å². The van der Waals surface area contributed by atoms with Crippen LogP contribution in [-0.2, 0) is 4.79 Å². The minimum Gasteiger partial charge on any atom is -0.370 e. The molecule has 8 nitrogen and oxygen atoms in total. The summed E-state index contributed by atoms with van der Waals surface area (Å²) in [6, 6.07) is 2.16. The van der Waals surface area contributed by atoms with Crippen LogP contribution in [0, 0.1) is 16.0 Å². The summed E-state index contributed by atoms with van der Waals surface area (Å²) in [4.78, 5) is 26.1. The zero-order valence-electron chi connectivity index (χ0n) is 12.4. The summed E-state index contributed by atoms with van der Waals surface area (Å²) < 4.78 is 0. The highest BCUT2D eigenvalue weighted by atomic mass is 16.6. The number of nitrogens with zero attached hydrogens (tertiary/aromatic N) is 2. The number of rotatable bonds is 8. The van der Waals surface area contributed by atoms with Crippen molar-refractivity contribution in [1.29, 1.82) is 0 Å². The number of nitrogens with two attached hydrogens (primary N) is 1. The Hall–Kier alpha value is -2.38. The molecule has 0 aliphatic rings. The molecule has 4 N–H and O–H groups in total. The molecule has 0 saturated heterocycles. The molecule has 1 rings (SSSR count). The Morgan fingerprint density at radius 1 is 1.48 bits per heavy atom. The molecule has 116 valence electrons. The standard InChI is InChI=1S/C13H21N5O3/c1-4-7-15-10-6-5-9(18(20)21)13(16-10)17-11(8(2)3)12(14)19/h5-6,8,11H,4,7H2,1-3H3,(H2,14,19)(H2,15,16,17). The first-order valence-corrected chi connectivity index (χ1v) is 6.82. The predicted molar refractivity (Wildman–Crippen MR) is 81.1 cm³/mol. The number of nitro groups is 1. The van der Waals surface area contributed by atoms with Crippen molar-refractivity contribution in [3.05, 3.63) is 22.2 Å². The molecule has 21 heavy (non-hydrogen) atoms. The zero-order valence-corrected chi connectivity index (χ0v) is 12.4. The molecule has 8 heteroatoms. The maximum absolute atomic E-state index is 11.4. The molecular formula is C13H21N5O3. The van der Waals surface area contributed by atoms with Crippen LogP contribution in [0.3, 0.4) is 0 Å². The zero-order chi connectivity index (χ0) is 16.0. The number of hydrogen-bond acceptors (Lipinski definition) is 6. The Morgan fingerprint density at radius 3 is 2.62 bits per heavy atom. The van der Waals surface area contributed by atoms with Gasteiger partial charge in [0.05, 0.1) is 4.92 Å². The van der Waals surface area contributed by atoms with Crippen LogP contribution < -0.4 is 16.4 Å². The van der Waals surface area contributed by atoms with Gasteiger partial charge in [-0.1, -0.05) is 20.8 Å². The summed E-state index contributed by atoms with van der Waals surface area (Å²) >= 11 is 0. The smallest absolute Gasteiger partial charge is 0.311 e. The second-order valence-corrected chi connectivity index (χ2v) is 5.02. The van der Waals surface area contributed by atoms with E-state index in [4.69, 9.17) is 5.73 Å². The van der Waals surface area contributed by atoms with Gasteiger partial charge in [0, 0.05) is 12.6 Å². The van der Waals surface area contributed by atoms with Crippen LogP contribution >= 0.6 is 0 Å². The quantitative estimate of drug-likeness (QED) is 0.495. The van der Waals surface area contributed by atoms with Gasteiger partial charge in [-0.3, -0.25) is 14.9 Å². The molecule has 0 aromatic carbocycles. The van der Waals surface area contributed by atoms with Crippen LogP contribution in [0.2, 0.25) is 0 Å². The predicted octanol–water partition coefficient (Wildman–Crippen LogP) is 1.73. The van der Waals surface area contributed by atoms with E-state index in [1.54, 1.807) is 13.8 Å². The number of primary amides is 1. The third-order valence-corrected chi connectivity index (χ3v) is 2.89. The molecule has 0 saturated carbocycles. The molecule has 1 aromatic heterocycles. The van der Waals surface area contributed by atoms with Gasteiger partial charge in [0.2, 0.25) is 11.7 Å². The fraction of sp³-hybridized carbons (Fsp3) is 0.538. The van der Waals surface area contributed by atoms with Crippen molar-refractivity contribution in [2.75, 3.05) is 17.2 Å². The van der Waals surface area contributed by atoms with Crippen LogP contribution in [0.5, 0.6) is 0 Å². The van der Waals surface area contributed by atoms with Crippen molar-refractivity contribution < 1.29 is 9.72 Å². The van der Waals surface area contributed by atoms with Crippen LogP contribution in [0.1, 0.15) is 27.2 Å². The lowest BCUT2D eigenvalue weighted by atomic mass is 10.0. The fourth-order valence-corrected chi connectivity index (χ4v) is 1.77. The van der Waals surface area contributed by atoms with Gasteiger partial charge in [-0.25, -0.2) is 4.98 Å². The van der Waals surface area contributed by atoms with Gasteiger partial charge < -0.3 is 16.4 Å². The van der Waals surface area contributed by atoms with Crippen LogP contribution in [0.25, 0.3) is 0 Å². The maximum Gasteiger partial charge on any atom is 0.311 e. The first-order chi connectivity index (χ1) is 9.86. The number of hydrogen-bond donors (Lipinski definition) is 3. The number of pyridine rings is 1. The van der Waals surface area contributed by atoms with Crippen molar-refractivity contribution in [3.8, 4) is 0 Å². The lowest BCUT2D eigenvalue weighted by Crippen LogP contribution is -2.40. The molecule has 0 aliphatic carbocycles. The fourth-order valence-electron chi connectivity index (χ4n) is 1.77. The van der Waals surface area contributed by atoms with Crippen molar-refractivity contribution in [3.63, 3.8) is 0 Å². The molecule has 0 fully saturated rings. The normalized spacial score (nSPS) is 12.0. The molecular weight excluding hydrogens is 274 g/mol. The molecule has 1 amide bonds. The first-order valence-electron chi connectivity index (χ1n) is 6.82. The highest BCUT2D eigenvalue weighted by Gasteiger charge is 2.24. The second-order valence-electron chi connectivity index (χ2n) is 5.02. The van der Waals surface area contributed by atoms with E-state index in [1.165, 1.54) is 12.1 Å². The largest absolute Gasteiger partial charge is 0.370 e. The Labute approximate surface area is 123 Å². The molecule has 0 spiro atoms. The Balaban J connectivity index is 3.10. The maximum atomic E-state index is 11.4. The molecule has 0 radical (unpaired) electrons. The van der Waals surface area contributed by atoms with Gasteiger partial charge >= 0.3 is 5.69 Å². The van der Waals surface area contributed by atoms with Gasteiger partial charge in [-0.2, -0.15) is 0 Å². The van der Waals surface area contributed by atoms with Gasteiger partial charge in [0.25, 0.3) is 0 Å². The van der Waals surface area contributed by atoms with E-state index in [2.05, 4.69) is 15.6 Å². The van der Waals surface area contributed by atoms with Gasteiger partial charge in [0.1, 0.15) is 11.9 Å². The summed E-state index contributed by atoms with van der Waals surface area (Å²) in [6.07, 6.45) is 0.900. The van der Waals surface area contributed by atoms with Crippen molar-refractivity contribution in [2.45, 2.75) is 33.2 Å². The highest BCUT2D eigenvalue weighted by Crippen LogP contribution is 2.25. The SMILES string of the molecule is CCCNc1ccc([N+](=O)[O-])c(NC(C(N)=O)C(C)C)n1. The van der Waals surface area contributed by atoms with E-state index in [-0.39, 0.29) is 17.4 Å². The number of nitrogens with one attached hydrogen (secondary N) is 2. The summed E-state index contributed by atoms with van der Waals surface area (Å²) in [7, 11) is 0. The van der Waals surface area contributed by atoms with Crippen LogP contribution in [0.15, 0.2) is 12.1 Å².